The summed E-state index contributed by atoms with van der Waals surface area (Å²) < 4.78 is 0. The lowest BCUT2D eigenvalue weighted by atomic mass is 10.00. The van der Waals surface area contributed by atoms with Crippen LogP contribution in [0, 0.1) is 11.8 Å². The predicted molar refractivity (Wildman–Crippen MR) is 81.9 cm³/mol. The molecule has 0 saturated carbocycles. The number of amides is 1. The summed E-state index contributed by atoms with van der Waals surface area (Å²) in [5, 5.41) is 3.45. The summed E-state index contributed by atoms with van der Waals surface area (Å²) in [6.45, 7) is 6.71. The van der Waals surface area contributed by atoms with Gasteiger partial charge in [0.25, 0.3) is 0 Å². The highest BCUT2D eigenvalue weighted by molar-refractivity contribution is 5.78. The van der Waals surface area contributed by atoms with E-state index in [9.17, 15) is 4.79 Å². The van der Waals surface area contributed by atoms with Gasteiger partial charge >= 0.3 is 0 Å². The molecule has 2 saturated heterocycles. The summed E-state index contributed by atoms with van der Waals surface area (Å²) in [7, 11) is 0. The number of hydrogen-bond donors (Lipinski definition) is 1. The second-order valence-corrected chi connectivity index (χ2v) is 6.71. The summed E-state index contributed by atoms with van der Waals surface area (Å²) >= 11 is 0. The van der Waals surface area contributed by atoms with Gasteiger partial charge in [-0.15, -0.1) is 0 Å². The van der Waals surface area contributed by atoms with E-state index in [0.29, 0.717) is 12.5 Å². The van der Waals surface area contributed by atoms with Crippen LogP contribution in [0.1, 0.15) is 11.1 Å². The van der Waals surface area contributed by atoms with Crippen molar-refractivity contribution in [2.45, 2.75) is 13.0 Å². The molecule has 2 atom stereocenters. The van der Waals surface area contributed by atoms with Gasteiger partial charge in [-0.3, -0.25) is 9.69 Å². The Bertz CT molecular complexity index is 533. The molecule has 112 valence electrons. The standard InChI is InChI=1S/C17H23N3O/c21-17(12-19-9-15-7-18-8-16(15)10-19)20-6-5-13-3-1-2-4-14(13)11-20/h1-4,15-16,18H,5-12H2. The maximum atomic E-state index is 12.6. The molecule has 4 heteroatoms. The number of fused-ring (bicyclic) bond motifs is 2. The molecule has 0 aliphatic carbocycles. The first kappa shape index (κ1) is 13.3. The van der Waals surface area contributed by atoms with Crippen molar-refractivity contribution in [3.8, 4) is 0 Å². The molecular weight excluding hydrogens is 262 g/mol. The van der Waals surface area contributed by atoms with Crippen LogP contribution in [0.2, 0.25) is 0 Å². The Labute approximate surface area is 126 Å². The van der Waals surface area contributed by atoms with Gasteiger partial charge in [0.05, 0.1) is 6.54 Å². The number of hydrogen-bond acceptors (Lipinski definition) is 3. The van der Waals surface area contributed by atoms with Crippen molar-refractivity contribution in [2.24, 2.45) is 11.8 Å². The maximum absolute atomic E-state index is 12.6. The lowest BCUT2D eigenvalue weighted by molar-refractivity contribution is -0.133. The van der Waals surface area contributed by atoms with Gasteiger partial charge in [-0.2, -0.15) is 0 Å². The molecule has 2 unspecified atom stereocenters. The minimum Gasteiger partial charge on any atom is -0.337 e. The highest BCUT2D eigenvalue weighted by Gasteiger charge is 2.37. The molecule has 21 heavy (non-hydrogen) atoms. The van der Waals surface area contributed by atoms with E-state index >= 15 is 0 Å². The van der Waals surface area contributed by atoms with Gasteiger partial charge in [-0.1, -0.05) is 24.3 Å². The largest absolute Gasteiger partial charge is 0.337 e. The Balaban J connectivity index is 1.36. The minimum absolute atomic E-state index is 0.303. The van der Waals surface area contributed by atoms with Crippen LogP contribution in [0.3, 0.4) is 0 Å². The van der Waals surface area contributed by atoms with Crippen LogP contribution >= 0.6 is 0 Å². The molecule has 1 aromatic carbocycles. The minimum atomic E-state index is 0.303. The Kier molecular flexibility index (Phi) is 3.43. The third-order valence-electron chi connectivity index (χ3n) is 5.31. The van der Waals surface area contributed by atoms with E-state index in [-0.39, 0.29) is 0 Å². The van der Waals surface area contributed by atoms with Crippen molar-refractivity contribution in [3.63, 3.8) is 0 Å². The molecule has 0 aromatic heterocycles. The van der Waals surface area contributed by atoms with Crippen LogP contribution in [0.15, 0.2) is 24.3 Å². The number of benzene rings is 1. The van der Waals surface area contributed by atoms with Crippen molar-refractivity contribution in [1.29, 1.82) is 0 Å². The molecule has 2 fully saturated rings. The Morgan fingerprint density at radius 1 is 1.14 bits per heavy atom. The highest BCUT2D eigenvalue weighted by Crippen LogP contribution is 2.26. The van der Waals surface area contributed by atoms with E-state index in [0.717, 1.165) is 57.5 Å². The fourth-order valence-electron chi connectivity index (χ4n) is 4.08. The zero-order valence-corrected chi connectivity index (χ0v) is 12.4. The second kappa shape index (κ2) is 5.43. The second-order valence-electron chi connectivity index (χ2n) is 6.71. The number of carbonyl (C=O) groups excluding carboxylic acids is 1. The van der Waals surface area contributed by atoms with Crippen LogP contribution in [0.4, 0.5) is 0 Å². The lowest BCUT2D eigenvalue weighted by Crippen LogP contribution is -2.42. The quantitative estimate of drug-likeness (QED) is 0.870. The number of nitrogens with zero attached hydrogens (tertiary/aromatic N) is 2. The average molecular weight is 285 g/mol. The molecule has 0 spiro atoms. The van der Waals surface area contributed by atoms with Gasteiger partial charge < -0.3 is 10.2 Å². The van der Waals surface area contributed by atoms with Crippen molar-refractivity contribution in [1.82, 2.24) is 15.1 Å². The monoisotopic (exact) mass is 285 g/mol. The van der Waals surface area contributed by atoms with Crippen LogP contribution in [0.25, 0.3) is 0 Å². The molecule has 3 aliphatic heterocycles. The van der Waals surface area contributed by atoms with E-state index in [1.54, 1.807) is 0 Å². The lowest BCUT2D eigenvalue weighted by Gasteiger charge is -2.30. The van der Waals surface area contributed by atoms with Gasteiger partial charge in [-0.25, -0.2) is 0 Å². The van der Waals surface area contributed by atoms with Crippen molar-refractivity contribution >= 4 is 5.91 Å². The molecule has 0 bridgehead atoms. The van der Waals surface area contributed by atoms with Gasteiger partial charge in [0.15, 0.2) is 0 Å². The molecule has 4 nitrogen and oxygen atoms in total. The van der Waals surface area contributed by atoms with Crippen LogP contribution < -0.4 is 5.32 Å². The van der Waals surface area contributed by atoms with E-state index in [2.05, 4.69) is 34.5 Å². The topological polar surface area (TPSA) is 35.6 Å². The predicted octanol–water partition coefficient (Wildman–Crippen LogP) is 0.723. The molecule has 3 heterocycles. The van der Waals surface area contributed by atoms with E-state index < -0.39 is 0 Å². The zero-order chi connectivity index (χ0) is 14.2. The Morgan fingerprint density at radius 2 is 1.86 bits per heavy atom. The summed E-state index contributed by atoms with van der Waals surface area (Å²) in [5.41, 5.74) is 2.72. The molecule has 1 aromatic rings. The van der Waals surface area contributed by atoms with Gasteiger partial charge in [0, 0.05) is 26.2 Å². The summed E-state index contributed by atoms with van der Waals surface area (Å²) in [6, 6.07) is 8.50. The number of carbonyl (C=O) groups is 1. The first-order valence-electron chi connectivity index (χ1n) is 8.07. The number of rotatable bonds is 2. The first-order valence-corrected chi connectivity index (χ1v) is 8.07. The Hall–Kier alpha value is -1.39. The third kappa shape index (κ3) is 2.58. The summed E-state index contributed by atoms with van der Waals surface area (Å²) in [4.78, 5) is 16.9. The Morgan fingerprint density at radius 3 is 2.62 bits per heavy atom. The van der Waals surface area contributed by atoms with Gasteiger partial charge in [0.1, 0.15) is 0 Å². The SMILES string of the molecule is O=C(CN1CC2CNCC2C1)N1CCc2ccccc2C1. The molecule has 4 rings (SSSR count). The number of likely N-dealkylation sites (tertiary alicyclic amines) is 1. The normalized spacial score (nSPS) is 28.5. The molecule has 0 radical (unpaired) electrons. The number of nitrogens with one attached hydrogen (secondary N) is 1. The first-order chi connectivity index (χ1) is 10.3. The molecule has 1 N–H and O–H groups in total. The zero-order valence-electron chi connectivity index (χ0n) is 12.4. The van der Waals surface area contributed by atoms with Crippen LogP contribution in [0.5, 0.6) is 0 Å². The smallest absolute Gasteiger partial charge is 0.237 e. The fraction of sp³-hybridized carbons (Fsp3) is 0.588. The average Bonchev–Trinajstić information content (AvgIpc) is 3.08. The van der Waals surface area contributed by atoms with Crippen molar-refractivity contribution in [2.75, 3.05) is 39.3 Å². The van der Waals surface area contributed by atoms with Crippen molar-refractivity contribution < 1.29 is 4.79 Å². The van der Waals surface area contributed by atoms with E-state index in [1.807, 2.05) is 4.90 Å². The molecule has 3 aliphatic rings. The fourth-order valence-corrected chi connectivity index (χ4v) is 4.08. The van der Waals surface area contributed by atoms with Crippen LogP contribution in [-0.4, -0.2) is 55.0 Å². The molecule has 1 amide bonds. The van der Waals surface area contributed by atoms with Gasteiger partial charge in [-0.05, 0) is 42.5 Å². The highest BCUT2D eigenvalue weighted by atomic mass is 16.2. The summed E-state index contributed by atoms with van der Waals surface area (Å²) in [5.74, 6) is 1.83. The van der Waals surface area contributed by atoms with E-state index in [1.165, 1.54) is 11.1 Å². The van der Waals surface area contributed by atoms with E-state index in [4.69, 9.17) is 0 Å². The van der Waals surface area contributed by atoms with Crippen molar-refractivity contribution in [3.05, 3.63) is 35.4 Å². The third-order valence-corrected chi connectivity index (χ3v) is 5.31. The maximum Gasteiger partial charge on any atom is 0.237 e. The van der Waals surface area contributed by atoms with Gasteiger partial charge in [0.2, 0.25) is 5.91 Å². The van der Waals surface area contributed by atoms with Crippen LogP contribution in [-0.2, 0) is 17.8 Å². The summed E-state index contributed by atoms with van der Waals surface area (Å²) in [6.07, 6.45) is 0.997. The molecular formula is C17H23N3O.